The highest BCUT2D eigenvalue weighted by Gasteiger charge is 2.51. The van der Waals surface area contributed by atoms with Gasteiger partial charge in [0.15, 0.2) is 0 Å². The molecule has 0 atom stereocenters. The van der Waals surface area contributed by atoms with Gasteiger partial charge < -0.3 is 19.9 Å². The zero-order chi connectivity index (χ0) is 18.9. The molecule has 2 N–H and O–H groups in total. The summed E-state index contributed by atoms with van der Waals surface area (Å²) in [6, 6.07) is 12.5. The van der Waals surface area contributed by atoms with Gasteiger partial charge in [-0.05, 0) is 69.6 Å². The van der Waals surface area contributed by atoms with Crippen molar-refractivity contribution in [2.45, 2.75) is 38.9 Å². The van der Waals surface area contributed by atoms with Crippen LogP contribution in [0.3, 0.4) is 0 Å². The summed E-state index contributed by atoms with van der Waals surface area (Å²) >= 11 is 0. The molecule has 0 unspecified atom stereocenters. The number of nitrogens with one attached hydrogen (secondary N) is 2. The number of carbonyl (C=O) groups is 1. The Balaban J connectivity index is 1.68. The summed E-state index contributed by atoms with van der Waals surface area (Å²) in [5.74, 6) is -0.355. The number of benzene rings is 2. The highest BCUT2D eigenvalue weighted by molar-refractivity contribution is 6.62. The summed E-state index contributed by atoms with van der Waals surface area (Å²) in [4.78, 5) is 12.1. The van der Waals surface area contributed by atoms with Gasteiger partial charge >= 0.3 is 13.1 Å². The van der Waals surface area contributed by atoms with Crippen molar-refractivity contribution < 1.29 is 18.5 Å². The van der Waals surface area contributed by atoms with Crippen LogP contribution in [0.2, 0.25) is 0 Å². The number of halogens is 1. The van der Waals surface area contributed by atoms with Gasteiger partial charge in [0.25, 0.3) is 0 Å². The van der Waals surface area contributed by atoms with E-state index in [-0.39, 0.29) is 5.82 Å². The zero-order valence-electron chi connectivity index (χ0n) is 15.3. The predicted molar refractivity (Wildman–Crippen MR) is 101 cm³/mol. The van der Waals surface area contributed by atoms with Crippen molar-refractivity contribution >= 4 is 30.0 Å². The lowest BCUT2D eigenvalue weighted by molar-refractivity contribution is 0.00578. The molecule has 0 aliphatic carbocycles. The summed E-state index contributed by atoms with van der Waals surface area (Å²) in [7, 11) is -0.498. The number of amides is 2. The number of hydrogen-bond acceptors (Lipinski definition) is 3. The quantitative estimate of drug-likeness (QED) is 0.823. The van der Waals surface area contributed by atoms with Crippen LogP contribution in [0, 0.1) is 5.82 Å². The van der Waals surface area contributed by atoms with Crippen molar-refractivity contribution in [2.24, 2.45) is 0 Å². The van der Waals surface area contributed by atoms with Crippen LogP contribution < -0.4 is 16.1 Å². The van der Waals surface area contributed by atoms with Gasteiger partial charge in [-0.1, -0.05) is 12.1 Å². The van der Waals surface area contributed by atoms with Crippen molar-refractivity contribution in [3.05, 3.63) is 54.3 Å². The number of hydrogen-bond donors (Lipinski definition) is 2. The third-order valence-electron chi connectivity index (χ3n) is 4.77. The van der Waals surface area contributed by atoms with Crippen LogP contribution >= 0.6 is 0 Å². The normalized spacial score (nSPS) is 17.8. The second-order valence-corrected chi connectivity index (χ2v) is 7.30. The summed E-state index contributed by atoms with van der Waals surface area (Å²) in [6.07, 6.45) is 0. The van der Waals surface area contributed by atoms with E-state index in [2.05, 4.69) is 10.6 Å². The number of anilines is 2. The maximum atomic E-state index is 12.9. The minimum Gasteiger partial charge on any atom is -0.399 e. The first kappa shape index (κ1) is 18.4. The lowest BCUT2D eigenvalue weighted by atomic mass is 9.79. The molecule has 5 nitrogen and oxygen atoms in total. The fourth-order valence-electron chi connectivity index (χ4n) is 2.57. The van der Waals surface area contributed by atoms with Crippen LogP contribution in [0.25, 0.3) is 0 Å². The van der Waals surface area contributed by atoms with Crippen molar-refractivity contribution in [2.75, 3.05) is 10.6 Å². The van der Waals surface area contributed by atoms with Crippen LogP contribution in [0.4, 0.5) is 20.6 Å². The summed E-state index contributed by atoms with van der Waals surface area (Å²) < 4.78 is 25.0. The Morgan fingerprint density at radius 2 is 1.50 bits per heavy atom. The van der Waals surface area contributed by atoms with E-state index in [0.717, 1.165) is 5.46 Å². The predicted octanol–water partition coefficient (Wildman–Crippen LogP) is 3.77. The van der Waals surface area contributed by atoms with Crippen LogP contribution in [-0.4, -0.2) is 24.4 Å². The van der Waals surface area contributed by atoms with Crippen molar-refractivity contribution in [3.63, 3.8) is 0 Å². The third-order valence-corrected chi connectivity index (χ3v) is 4.77. The fraction of sp³-hybridized carbons (Fsp3) is 0.316. The molecular weight excluding hydrogens is 334 g/mol. The second kappa shape index (κ2) is 6.74. The number of rotatable bonds is 3. The molecule has 0 radical (unpaired) electrons. The first-order chi connectivity index (χ1) is 12.2. The first-order valence-electron chi connectivity index (χ1n) is 8.45. The molecule has 1 aliphatic rings. The minimum atomic E-state index is -0.498. The van der Waals surface area contributed by atoms with Crippen LogP contribution in [0.5, 0.6) is 0 Å². The highest BCUT2D eigenvalue weighted by atomic mass is 19.1. The molecule has 136 valence electrons. The van der Waals surface area contributed by atoms with Gasteiger partial charge in [0.2, 0.25) is 0 Å². The van der Waals surface area contributed by atoms with Gasteiger partial charge in [-0.15, -0.1) is 0 Å². The standard InChI is InChI=1S/C19H22BFN2O3/c1-18(2)19(3,4)26-20(25-18)13-6-5-7-16(12-13)23-17(24)22-15-10-8-14(21)9-11-15/h5-12H,1-4H3,(H2,22,23,24). The molecule has 1 saturated heterocycles. The maximum absolute atomic E-state index is 12.9. The molecule has 7 heteroatoms. The Morgan fingerprint density at radius 3 is 2.12 bits per heavy atom. The zero-order valence-corrected chi connectivity index (χ0v) is 15.3. The molecule has 1 aliphatic heterocycles. The van der Waals surface area contributed by atoms with E-state index in [9.17, 15) is 9.18 Å². The molecule has 2 aromatic rings. The van der Waals surface area contributed by atoms with Crippen LogP contribution in [0.15, 0.2) is 48.5 Å². The Morgan fingerprint density at radius 1 is 0.923 bits per heavy atom. The third kappa shape index (κ3) is 3.89. The first-order valence-corrected chi connectivity index (χ1v) is 8.45. The van der Waals surface area contributed by atoms with E-state index in [1.54, 1.807) is 6.07 Å². The van der Waals surface area contributed by atoms with Gasteiger partial charge in [-0.2, -0.15) is 0 Å². The van der Waals surface area contributed by atoms with E-state index in [1.165, 1.54) is 24.3 Å². The molecule has 3 rings (SSSR count). The van der Waals surface area contributed by atoms with Gasteiger partial charge in [-0.25, -0.2) is 9.18 Å². The van der Waals surface area contributed by atoms with E-state index >= 15 is 0 Å². The summed E-state index contributed by atoms with van der Waals surface area (Å²) in [5, 5.41) is 5.41. The SMILES string of the molecule is CC1(C)OB(c2cccc(NC(=O)Nc3ccc(F)cc3)c2)OC1(C)C. The number of urea groups is 1. The minimum absolute atomic E-state index is 0.355. The topological polar surface area (TPSA) is 59.6 Å². The van der Waals surface area contributed by atoms with Gasteiger partial charge in [0.05, 0.1) is 11.2 Å². The summed E-state index contributed by atoms with van der Waals surface area (Å²) in [6.45, 7) is 7.97. The lowest BCUT2D eigenvalue weighted by Crippen LogP contribution is -2.41. The smallest absolute Gasteiger partial charge is 0.399 e. The fourth-order valence-corrected chi connectivity index (χ4v) is 2.57. The molecule has 2 amide bonds. The van der Waals surface area contributed by atoms with E-state index in [4.69, 9.17) is 9.31 Å². The molecule has 0 spiro atoms. The molecule has 1 fully saturated rings. The Bertz CT molecular complexity index is 793. The van der Waals surface area contributed by atoms with Crippen molar-refractivity contribution in [3.8, 4) is 0 Å². The molecule has 0 saturated carbocycles. The van der Waals surface area contributed by atoms with Crippen LogP contribution in [-0.2, 0) is 9.31 Å². The van der Waals surface area contributed by atoms with Crippen molar-refractivity contribution in [1.29, 1.82) is 0 Å². The number of carbonyl (C=O) groups excluding carboxylic acids is 1. The Labute approximate surface area is 153 Å². The van der Waals surface area contributed by atoms with E-state index in [0.29, 0.717) is 11.4 Å². The molecule has 0 bridgehead atoms. The highest BCUT2D eigenvalue weighted by Crippen LogP contribution is 2.36. The van der Waals surface area contributed by atoms with Crippen LogP contribution in [0.1, 0.15) is 27.7 Å². The molecule has 0 aromatic heterocycles. The largest absolute Gasteiger partial charge is 0.494 e. The molecular formula is C19H22BFN2O3. The summed E-state index contributed by atoms with van der Waals surface area (Å²) in [5.41, 5.74) is 1.08. The second-order valence-electron chi connectivity index (χ2n) is 7.30. The average molecular weight is 356 g/mol. The van der Waals surface area contributed by atoms with E-state index in [1.807, 2.05) is 45.9 Å². The van der Waals surface area contributed by atoms with E-state index < -0.39 is 24.4 Å². The Hall–Kier alpha value is -2.38. The monoisotopic (exact) mass is 356 g/mol. The maximum Gasteiger partial charge on any atom is 0.494 e. The Kier molecular flexibility index (Phi) is 4.77. The molecule has 26 heavy (non-hydrogen) atoms. The van der Waals surface area contributed by atoms with Gasteiger partial charge in [0, 0.05) is 11.4 Å². The lowest BCUT2D eigenvalue weighted by Gasteiger charge is -2.32. The van der Waals surface area contributed by atoms with Crippen molar-refractivity contribution in [1.82, 2.24) is 0 Å². The van der Waals surface area contributed by atoms with Gasteiger partial charge in [-0.3, -0.25) is 0 Å². The molecule has 1 heterocycles. The average Bonchev–Trinajstić information content (AvgIpc) is 2.78. The molecule has 2 aromatic carbocycles. The van der Waals surface area contributed by atoms with Gasteiger partial charge in [0.1, 0.15) is 5.82 Å².